The number of nitrogens with one attached hydrogen (secondary N) is 1. The van der Waals surface area contributed by atoms with Gasteiger partial charge < -0.3 is 10.2 Å². The zero-order valence-corrected chi connectivity index (χ0v) is 16.1. The minimum Gasteiger partial charge on any atom is -0.346 e. The van der Waals surface area contributed by atoms with E-state index in [4.69, 9.17) is 4.98 Å². The topological polar surface area (TPSA) is 45.2 Å². The molecule has 0 aliphatic carbocycles. The van der Waals surface area contributed by atoms with Crippen LogP contribution in [0, 0.1) is 12.8 Å². The first-order valence-electron chi connectivity index (χ1n) is 9.03. The Bertz CT molecular complexity index is 957. The summed E-state index contributed by atoms with van der Waals surface area (Å²) in [5.74, 6) is 0.505. The van der Waals surface area contributed by atoms with Crippen LogP contribution in [0.15, 0.2) is 42.5 Å². The van der Waals surface area contributed by atoms with E-state index in [0.717, 1.165) is 29.4 Å². The van der Waals surface area contributed by atoms with E-state index in [1.807, 2.05) is 18.2 Å². The largest absolute Gasteiger partial charge is 0.346 e. The number of aromatic nitrogens is 1. The van der Waals surface area contributed by atoms with Crippen molar-refractivity contribution < 1.29 is 4.79 Å². The maximum absolute atomic E-state index is 12.6. The molecular weight excluding hydrogens is 342 g/mol. The number of fused-ring (bicyclic) bond motifs is 1. The van der Waals surface area contributed by atoms with Crippen molar-refractivity contribution in [3.05, 3.63) is 53.6 Å². The number of anilines is 2. The lowest BCUT2D eigenvalue weighted by Crippen LogP contribution is -2.52. The normalized spacial score (nSPS) is 14.7. The fraction of sp³-hybridized carbons (Fsp3) is 0.333. The molecule has 1 amide bonds. The number of amides is 1. The molecule has 26 heavy (non-hydrogen) atoms. The van der Waals surface area contributed by atoms with E-state index in [9.17, 15) is 4.79 Å². The van der Waals surface area contributed by atoms with Gasteiger partial charge in [-0.3, -0.25) is 4.79 Å². The molecule has 5 heteroatoms. The maximum Gasteiger partial charge on any atom is 0.231 e. The van der Waals surface area contributed by atoms with Gasteiger partial charge in [0, 0.05) is 18.8 Å². The molecule has 4 rings (SSSR count). The number of para-hydroxylation sites is 1. The zero-order chi connectivity index (χ0) is 18.3. The van der Waals surface area contributed by atoms with Crippen LogP contribution in [0.1, 0.15) is 30.9 Å². The lowest BCUT2D eigenvalue weighted by Gasteiger charge is -2.38. The van der Waals surface area contributed by atoms with Crippen LogP contribution < -0.4 is 10.2 Å². The van der Waals surface area contributed by atoms with Crippen molar-refractivity contribution in [2.24, 2.45) is 5.92 Å². The molecule has 0 atom stereocenters. The molecule has 1 fully saturated rings. The molecule has 134 valence electrons. The van der Waals surface area contributed by atoms with Crippen LogP contribution in [0.4, 0.5) is 10.8 Å². The Morgan fingerprint density at radius 3 is 2.77 bits per heavy atom. The second-order valence-electron chi connectivity index (χ2n) is 7.30. The molecule has 1 N–H and O–H groups in total. The predicted molar refractivity (Wildman–Crippen MR) is 109 cm³/mol. The van der Waals surface area contributed by atoms with Gasteiger partial charge in [0.05, 0.1) is 16.1 Å². The van der Waals surface area contributed by atoms with Crippen molar-refractivity contribution in [2.75, 3.05) is 23.3 Å². The van der Waals surface area contributed by atoms with Crippen molar-refractivity contribution >= 4 is 38.3 Å². The Balaban J connectivity index is 1.42. The second-order valence-corrected chi connectivity index (χ2v) is 8.31. The third kappa shape index (κ3) is 3.19. The Labute approximate surface area is 157 Å². The van der Waals surface area contributed by atoms with E-state index in [1.54, 1.807) is 11.3 Å². The number of thiazole rings is 1. The summed E-state index contributed by atoms with van der Waals surface area (Å²) in [6.07, 6.45) is 0. The summed E-state index contributed by atoms with van der Waals surface area (Å²) in [4.78, 5) is 19.5. The van der Waals surface area contributed by atoms with Gasteiger partial charge in [-0.15, -0.1) is 0 Å². The molecule has 0 bridgehead atoms. The van der Waals surface area contributed by atoms with Gasteiger partial charge in [-0.2, -0.15) is 0 Å². The zero-order valence-electron chi connectivity index (χ0n) is 15.3. The van der Waals surface area contributed by atoms with E-state index in [2.05, 4.69) is 55.3 Å². The average Bonchev–Trinajstić information content (AvgIpc) is 2.96. The van der Waals surface area contributed by atoms with E-state index >= 15 is 0 Å². The Morgan fingerprint density at radius 1 is 1.23 bits per heavy atom. The van der Waals surface area contributed by atoms with Crippen molar-refractivity contribution in [2.45, 2.75) is 26.7 Å². The van der Waals surface area contributed by atoms with Crippen LogP contribution in [0.5, 0.6) is 0 Å². The quantitative estimate of drug-likeness (QED) is 0.722. The highest BCUT2D eigenvalue weighted by molar-refractivity contribution is 7.22. The maximum atomic E-state index is 12.6. The summed E-state index contributed by atoms with van der Waals surface area (Å²) in [5.41, 5.74) is 4.40. The van der Waals surface area contributed by atoms with Crippen molar-refractivity contribution in [3.8, 4) is 0 Å². The molecule has 0 radical (unpaired) electrons. The minimum absolute atomic E-state index is 0.0176. The van der Waals surface area contributed by atoms with Crippen molar-refractivity contribution in [1.82, 2.24) is 4.98 Å². The number of carbonyl (C=O) groups is 1. The summed E-state index contributed by atoms with van der Waals surface area (Å²) in [6, 6.07) is 14.4. The number of aryl methyl sites for hydroxylation is 1. The van der Waals surface area contributed by atoms with Gasteiger partial charge in [-0.1, -0.05) is 49.4 Å². The van der Waals surface area contributed by atoms with Crippen LogP contribution in [0.25, 0.3) is 10.2 Å². The lowest BCUT2D eigenvalue weighted by molar-refractivity contribution is -0.120. The monoisotopic (exact) mass is 365 g/mol. The molecule has 0 unspecified atom stereocenters. The first kappa shape index (κ1) is 17.0. The summed E-state index contributed by atoms with van der Waals surface area (Å²) in [6.45, 7) is 7.84. The molecule has 1 aliphatic rings. The number of hydrogen-bond donors (Lipinski definition) is 1. The molecule has 1 saturated heterocycles. The Kier molecular flexibility index (Phi) is 4.41. The van der Waals surface area contributed by atoms with Crippen LogP contribution in [-0.4, -0.2) is 24.0 Å². The van der Waals surface area contributed by atoms with Crippen LogP contribution in [-0.2, 0) is 4.79 Å². The smallest absolute Gasteiger partial charge is 0.231 e. The molecule has 0 spiro atoms. The van der Waals surface area contributed by atoms with E-state index < -0.39 is 0 Å². The molecular formula is C21H23N3OS. The van der Waals surface area contributed by atoms with Gasteiger partial charge in [0.2, 0.25) is 5.91 Å². The number of rotatable bonds is 4. The molecule has 3 aromatic rings. The summed E-state index contributed by atoms with van der Waals surface area (Å²) < 4.78 is 1.21. The van der Waals surface area contributed by atoms with Gasteiger partial charge in [-0.05, 0) is 42.2 Å². The summed E-state index contributed by atoms with van der Waals surface area (Å²) in [7, 11) is 0. The van der Waals surface area contributed by atoms with E-state index in [-0.39, 0.29) is 11.8 Å². The van der Waals surface area contributed by atoms with E-state index in [1.165, 1.54) is 15.8 Å². The van der Waals surface area contributed by atoms with Gasteiger partial charge in [0.25, 0.3) is 0 Å². The fourth-order valence-corrected chi connectivity index (χ4v) is 4.39. The standard InChI is InChI=1S/C21H23N3OS/c1-13(2)16-6-4-5-7-17(16)22-20(25)15-11-24(12-15)21-23-18-9-8-14(3)10-19(18)26-21/h4-10,13,15H,11-12H2,1-3H3,(H,22,25). The number of nitrogens with zero attached hydrogens (tertiary/aromatic N) is 2. The second kappa shape index (κ2) is 6.72. The first-order valence-corrected chi connectivity index (χ1v) is 9.85. The number of hydrogen-bond acceptors (Lipinski definition) is 4. The third-order valence-corrected chi connectivity index (χ3v) is 5.98. The summed E-state index contributed by atoms with van der Waals surface area (Å²) in [5, 5.41) is 4.13. The Morgan fingerprint density at radius 2 is 2.00 bits per heavy atom. The SMILES string of the molecule is Cc1ccc2nc(N3CC(C(=O)Nc4ccccc4C(C)C)C3)sc2c1. The predicted octanol–water partition coefficient (Wildman–Crippen LogP) is 4.80. The Hall–Kier alpha value is -2.40. The molecule has 1 aromatic heterocycles. The highest BCUT2D eigenvalue weighted by Crippen LogP contribution is 2.34. The van der Waals surface area contributed by atoms with E-state index in [0.29, 0.717) is 5.92 Å². The van der Waals surface area contributed by atoms with Gasteiger partial charge in [-0.25, -0.2) is 4.98 Å². The summed E-state index contributed by atoms with van der Waals surface area (Å²) >= 11 is 1.70. The fourth-order valence-electron chi connectivity index (χ4n) is 3.30. The molecule has 0 saturated carbocycles. The lowest BCUT2D eigenvalue weighted by atomic mass is 9.98. The number of carbonyl (C=O) groups excluding carboxylic acids is 1. The van der Waals surface area contributed by atoms with Crippen LogP contribution in [0.3, 0.4) is 0 Å². The highest BCUT2D eigenvalue weighted by atomic mass is 32.1. The van der Waals surface area contributed by atoms with Gasteiger partial charge in [0.1, 0.15) is 0 Å². The van der Waals surface area contributed by atoms with Crippen molar-refractivity contribution in [3.63, 3.8) is 0 Å². The third-order valence-electron chi connectivity index (χ3n) is 4.90. The molecule has 2 aromatic carbocycles. The highest BCUT2D eigenvalue weighted by Gasteiger charge is 2.34. The van der Waals surface area contributed by atoms with Gasteiger partial charge >= 0.3 is 0 Å². The average molecular weight is 366 g/mol. The van der Waals surface area contributed by atoms with Crippen LogP contribution in [0.2, 0.25) is 0 Å². The van der Waals surface area contributed by atoms with Crippen molar-refractivity contribution in [1.29, 1.82) is 0 Å². The number of benzene rings is 2. The molecule has 1 aliphatic heterocycles. The first-order chi connectivity index (χ1) is 12.5. The van der Waals surface area contributed by atoms with Gasteiger partial charge in [0.15, 0.2) is 5.13 Å². The molecule has 2 heterocycles. The minimum atomic E-state index is 0.0176. The molecule has 4 nitrogen and oxygen atoms in total. The van der Waals surface area contributed by atoms with Crippen LogP contribution >= 0.6 is 11.3 Å².